The second kappa shape index (κ2) is 3.84. The second-order valence-electron chi connectivity index (χ2n) is 2.38. The molecule has 1 aromatic rings. The fraction of sp³-hybridized carbons (Fsp3) is 0.375. The smallest absolute Gasteiger partial charge is 0.358 e. The third kappa shape index (κ3) is 1.74. The number of aldehydes is 1. The number of hydrogen-bond acceptors (Lipinski definition) is 4. The fourth-order valence-electron chi connectivity index (χ4n) is 0.984. The molecule has 0 saturated carbocycles. The maximum Gasteiger partial charge on any atom is 0.358 e. The van der Waals surface area contributed by atoms with Crippen LogP contribution in [0.5, 0.6) is 0 Å². The molecule has 0 aromatic carbocycles. The van der Waals surface area contributed by atoms with E-state index in [4.69, 9.17) is 0 Å². The molecule has 0 fully saturated rings. The SMILES string of the molecule is CCn1nc(C(=O)OC)cc1C=O. The van der Waals surface area contributed by atoms with E-state index in [2.05, 4.69) is 9.84 Å². The molecule has 1 heterocycles. The van der Waals surface area contributed by atoms with Crippen molar-refractivity contribution in [1.29, 1.82) is 0 Å². The van der Waals surface area contributed by atoms with Gasteiger partial charge in [0.2, 0.25) is 0 Å². The topological polar surface area (TPSA) is 61.2 Å². The number of nitrogens with zero attached hydrogens (tertiary/aromatic N) is 2. The van der Waals surface area contributed by atoms with Crippen molar-refractivity contribution >= 4 is 12.3 Å². The lowest BCUT2D eigenvalue weighted by Gasteiger charge is -1.95. The minimum Gasteiger partial charge on any atom is -0.464 e. The molecular formula is C8H10N2O3. The van der Waals surface area contributed by atoms with Crippen LogP contribution in [0, 0.1) is 0 Å². The molecule has 0 aliphatic rings. The maximum absolute atomic E-state index is 11.0. The standard InChI is InChI=1S/C8H10N2O3/c1-3-10-6(5-11)4-7(9-10)8(12)13-2/h4-5H,3H2,1-2H3. The molecule has 0 radical (unpaired) electrons. The van der Waals surface area contributed by atoms with E-state index in [1.54, 1.807) is 0 Å². The first kappa shape index (κ1) is 9.44. The summed E-state index contributed by atoms with van der Waals surface area (Å²) in [5, 5.41) is 3.88. The van der Waals surface area contributed by atoms with E-state index in [0.717, 1.165) is 0 Å². The van der Waals surface area contributed by atoms with Gasteiger partial charge in [-0.3, -0.25) is 9.48 Å². The molecule has 0 N–H and O–H groups in total. The van der Waals surface area contributed by atoms with E-state index in [9.17, 15) is 9.59 Å². The number of methoxy groups -OCH3 is 1. The first-order valence-corrected chi connectivity index (χ1v) is 3.84. The van der Waals surface area contributed by atoms with Crippen LogP contribution in [0.3, 0.4) is 0 Å². The van der Waals surface area contributed by atoms with Crippen LogP contribution in [0.25, 0.3) is 0 Å². The normalized spacial score (nSPS) is 9.69. The highest BCUT2D eigenvalue weighted by Crippen LogP contribution is 2.03. The third-order valence-electron chi connectivity index (χ3n) is 1.63. The van der Waals surface area contributed by atoms with Crippen LogP contribution in [0.4, 0.5) is 0 Å². The molecule has 13 heavy (non-hydrogen) atoms. The Morgan fingerprint density at radius 1 is 1.77 bits per heavy atom. The van der Waals surface area contributed by atoms with Crippen molar-refractivity contribution in [2.24, 2.45) is 0 Å². The summed E-state index contributed by atoms with van der Waals surface area (Å²) in [6.45, 7) is 2.38. The van der Waals surface area contributed by atoms with Crippen LogP contribution < -0.4 is 0 Å². The predicted octanol–water partition coefficient (Wildman–Crippen LogP) is 0.502. The minimum absolute atomic E-state index is 0.159. The van der Waals surface area contributed by atoms with Gasteiger partial charge in [0.25, 0.3) is 0 Å². The van der Waals surface area contributed by atoms with Crippen molar-refractivity contribution in [3.05, 3.63) is 17.5 Å². The Balaban J connectivity index is 3.06. The number of aryl methyl sites for hydroxylation is 1. The van der Waals surface area contributed by atoms with Crippen molar-refractivity contribution in [3.8, 4) is 0 Å². The molecule has 5 nitrogen and oxygen atoms in total. The van der Waals surface area contributed by atoms with Gasteiger partial charge in [-0.05, 0) is 6.92 Å². The van der Waals surface area contributed by atoms with Gasteiger partial charge in [0.05, 0.1) is 7.11 Å². The lowest BCUT2D eigenvalue weighted by atomic mass is 10.4. The minimum atomic E-state index is -0.532. The summed E-state index contributed by atoms with van der Waals surface area (Å²) in [6.07, 6.45) is 0.656. The van der Waals surface area contributed by atoms with Gasteiger partial charge in [-0.15, -0.1) is 0 Å². The van der Waals surface area contributed by atoms with Gasteiger partial charge in [0, 0.05) is 12.6 Å². The summed E-state index contributed by atoms with van der Waals surface area (Å²) in [7, 11) is 1.27. The Morgan fingerprint density at radius 3 is 2.85 bits per heavy atom. The van der Waals surface area contributed by atoms with E-state index in [1.165, 1.54) is 17.9 Å². The number of carbonyl (C=O) groups is 2. The van der Waals surface area contributed by atoms with Gasteiger partial charge in [0.1, 0.15) is 5.69 Å². The molecule has 0 atom stereocenters. The monoisotopic (exact) mass is 182 g/mol. The molecular weight excluding hydrogens is 172 g/mol. The van der Waals surface area contributed by atoms with E-state index in [0.29, 0.717) is 18.5 Å². The molecule has 0 amide bonds. The number of carbonyl (C=O) groups excluding carboxylic acids is 2. The lowest BCUT2D eigenvalue weighted by Crippen LogP contribution is -2.05. The Labute approximate surface area is 75.3 Å². The average molecular weight is 182 g/mol. The summed E-state index contributed by atoms with van der Waals surface area (Å²) in [4.78, 5) is 21.5. The molecule has 0 spiro atoms. The van der Waals surface area contributed by atoms with Crippen LogP contribution in [0.1, 0.15) is 27.9 Å². The van der Waals surface area contributed by atoms with Crippen molar-refractivity contribution < 1.29 is 14.3 Å². The van der Waals surface area contributed by atoms with E-state index in [1.807, 2.05) is 6.92 Å². The lowest BCUT2D eigenvalue weighted by molar-refractivity contribution is 0.0593. The highest BCUT2D eigenvalue weighted by Gasteiger charge is 2.12. The highest BCUT2D eigenvalue weighted by atomic mass is 16.5. The molecule has 1 aromatic heterocycles. The summed E-state index contributed by atoms with van der Waals surface area (Å²) >= 11 is 0. The Morgan fingerprint density at radius 2 is 2.46 bits per heavy atom. The van der Waals surface area contributed by atoms with Crippen LogP contribution in [0.15, 0.2) is 6.07 Å². The maximum atomic E-state index is 11.0. The zero-order chi connectivity index (χ0) is 9.84. The van der Waals surface area contributed by atoms with E-state index < -0.39 is 5.97 Å². The average Bonchev–Trinajstić information content (AvgIpc) is 2.59. The predicted molar refractivity (Wildman–Crippen MR) is 44.6 cm³/mol. The molecule has 0 saturated heterocycles. The zero-order valence-electron chi connectivity index (χ0n) is 7.48. The van der Waals surface area contributed by atoms with Crippen LogP contribution in [-0.4, -0.2) is 29.1 Å². The van der Waals surface area contributed by atoms with Crippen LogP contribution in [0.2, 0.25) is 0 Å². The summed E-state index contributed by atoms with van der Waals surface area (Å²) in [5.74, 6) is -0.532. The molecule has 1 rings (SSSR count). The van der Waals surface area contributed by atoms with Crippen molar-refractivity contribution in [3.63, 3.8) is 0 Å². The Hall–Kier alpha value is -1.65. The summed E-state index contributed by atoms with van der Waals surface area (Å²) in [5.41, 5.74) is 0.536. The van der Waals surface area contributed by atoms with Gasteiger partial charge < -0.3 is 4.74 Å². The molecule has 0 aliphatic heterocycles. The Bertz CT molecular complexity index is 330. The first-order chi connectivity index (χ1) is 6.22. The highest BCUT2D eigenvalue weighted by molar-refractivity contribution is 5.89. The van der Waals surface area contributed by atoms with E-state index in [-0.39, 0.29) is 5.69 Å². The molecule has 0 unspecified atom stereocenters. The van der Waals surface area contributed by atoms with Gasteiger partial charge in [-0.2, -0.15) is 5.10 Å². The van der Waals surface area contributed by atoms with Crippen molar-refractivity contribution in [2.45, 2.75) is 13.5 Å². The molecule has 0 aliphatic carbocycles. The van der Waals surface area contributed by atoms with Gasteiger partial charge >= 0.3 is 5.97 Å². The fourth-order valence-corrected chi connectivity index (χ4v) is 0.984. The number of hydrogen-bond donors (Lipinski definition) is 0. The second-order valence-corrected chi connectivity index (χ2v) is 2.38. The number of ether oxygens (including phenoxy) is 1. The van der Waals surface area contributed by atoms with Gasteiger partial charge in [-0.25, -0.2) is 4.79 Å². The molecule has 5 heteroatoms. The molecule has 70 valence electrons. The van der Waals surface area contributed by atoms with E-state index >= 15 is 0 Å². The zero-order valence-corrected chi connectivity index (χ0v) is 7.48. The quantitative estimate of drug-likeness (QED) is 0.504. The number of esters is 1. The van der Waals surface area contributed by atoms with Crippen LogP contribution >= 0.6 is 0 Å². The van der Waals surface area contributed by atoms with Crippen LogP contribution in [-0.2, 0) is 11.3 Å². The molecule has 0 bridgehead atoms. The number of rotatable bonds is 3. The largest absolute Gasteiger partial charge is 0.464 e. The summed E-state index contributed by atoms with van der Waals surface area (Å²) < 4.78 is 5.91. The number of aromatic nitrogens is 2. The van der Waals surface area contributed by atoms with Gasteiger partial charge in [0.15, 0.2) is 12.0 Å². The summed E-state index contributed by atoms with van der Waals surface area (Å²) in [6, 6.07) is 1.41. The van der Waals surface area contributed by atoms with Crippen molar-refractivity contribution in [2.75, 3.05) is 7.11 Å². The Kier molecular flexibility index (Phi) is 2.79. The first-order valence-electron chi connectivity index (χ1n) is 3.84. The van der Waals surface area contributed by atoms with Gasteiger partial charge in [-0.1, -0.05) is 0 Å². The van der Waals surface area contributed by atoms with Crippen molar-refractivity contribution in [1.82, 2.24) is 9.78 Å². The third-order valence-corrected chi connectivity index (χ3v) is 1.63.